The van der Waals surface area contributed by atoms with Crippen LogP contribution in [0.3, 0.4) is 0 Å². The molecule has 0 saturated heterocycles. The smallest absolute Gasteiger partial charge is 0.346 e. The van der Waals surface area contributed by atoms with Crippen molar-refractivity contribution in [3.05, 3.63) is 91.4 Å². The van der Waals surface area contributed by atoms with Gasteiger partial charge in [0.05, 0.1) is 36.6 Å². The van der Waals surface area contributed by atoms with E-state index >= 15 is 0 Å². The van der Waals surface area contributed by atoms with Gasteiger partial charge >= 0.3 is 5.97 Å². The minimum atomic E-state index is -1.30. The summed E-state index contributed by atoms with van der Waals surface area (Å²) in [5.74, 6) is 0.988. The minimum Gasteiger partial charge on any atom is -0.485 e. The average molecular weight is 853 g/mol. The molecule has 0 aliphatic carbocycles. The Kier molecular flexibility index (Phi) is 8.28. The molecule has 0 fully saturated rings. The first-order valence-corrected chi connectivity index (χ1v) is 22.8. The maximum atomic E-state index is 11.9. The number of nitriles is 1. The third kappa shape index (κ3) is 5.48. The van der Waals surface area contributed by atoms with Crippen LogP contribution in [-0.4, -0.2) is 37.5 Å². The van der Waals surface area contributed by atoms with Crippen molar-refractivity contribution >= 4 is 51.8 Å². The topological polar surface area (TPSA) is 101 Å². The van der Waals surface area contributed by atoms with E-state index in [4.69, 9.17) is 18.9 Å². The summed E-state index contributed by atoms with van der Waals surface area (Å²) < 4.78 is 25.4. The van der Waals surface area contributed by atoms with Crippen molar-refractivity contribution in [2.45, 2.75) is 110 Å². The second kappa shape index (κ2) is 12.7. The Bertz CT molecular complexity index is 2760. The maximum absolute atomic E-state index is 11.9. The molecular formula is C51H52N2O6S2. The number of carboxylic acids is 1. The molecular weight excluding hydrogens is 801 g/mol. The van der Waals surface area contributed by atoms with Gasteiger partial charge in [0.15, 0.2) is 23.0 Å². The molecule has 1 N–H and O–H groups in total. The normalized spacial score (nSPS) is 18.3. The molecule has 5 aliphatic rings. The monoisotopic (exact) mass is 852 g/mol. The summed E-state index contributed by atoms with van der Waals surface area (Å²) in [4.78, 5) is 17.6. The van der Waals surface area contributed by atoms with Crippen molar-refractivity contribution in [1.29, 1.82) is 5.26 Å². The number of thiophene rings is 2. The van der Waals surface area contributed by atoms with Crippen LogP contribution in [0.5, 0.6) is 23.0 Å². The van der Waals surface area contributed by atoms with Gasteiger partial charge in [-0.2, -0.15) is 5.26 Å². The van der Waals surface area contributed by atoms with E-state index in [9.17, 15) is 15.2 Å². The van der Waals surface area contributed by atoms with Crippen molar-refractivity contribution in [3.8, 4) is 49.3 Å². The van der Waals surface area contributed by atoms with Gasteiger partial charge in [0.1, 0.15) is 38.1 Å². The summed E-state index contributed by atoms with van der Waals surface area (Å²) in [7, 11) is 0. The predicted molar refractivity (Wildman–Crippen MR) is 245 cm³/mol. The lowest BCUT2D eigenvalue weighted by Gasteiger charge is -2.55. The van der Waals surface area contributed by atoms with Crippen molar-refractivity contribution in [2.24, 2.45) is 0 Å². The fourth-order valence-corrected chi connectivity index (χ4v) is 12.5. The zero-order valence-electron chi connectivity index (χ0n) is 37.1. The molecule has 2 aromatic heterocycles. The Hall–Kier alpha value is -5.24. The lowest BCUT2D eigenvalue weighted by atomic mass is 9.59. The molecule has 0 unspecified atom stereocenters. The third-order valence-electron chi connectivity index (χ3n) is 13.7. The Morgan fingerprint density at radius 1 is 0.623 bits per heavy atom. The number of fused-ring (bicyclic) bond motifs is 2. The Labute approximate surface area is 366 Å². The van der Waals surface area contributed by atoms with Gasteiger partial charge in [-0.15, -0.1) is 22.7 Å². The molecule has 0 atom stereocenters. The highest BCUT2D eigenvalue weighted by atomic mass is 32.1. The zero-order chi connectivity index (χ0) is 43.5. The number of rotatable bonds is 4. The van der Waals surface area contributed by atoms with Gasteiger partial charge in [-0.05, 0) is 79.1 Å². The highest BCUT2D eigenvalue weighted by Crippen LogP contribution is 2.68. The average Bonchev–Trinajstić information content (AvgIpc) is 3.76. The number of nitrogens with zero attached hydrogens (tertiary/aromatic N) is 2. The molecule has 7 heterocycles. The summed E-state index contributed by atoms with van der Waals surface area (Å²) >= 11 is 2.93. The molecule has 314 valence electrons. The van der Waals surface area contributed by atoms with E-state index in [1.165, 1.54) is 79.0 Å². The number of hydrogen-bond acceptors (Lipinski definition) is 9. The van der Waals surface area contributed by atoms with Crippen LogP contribution in [0.2, 0.25) is 0 Å². The van der Waals surface area contributed by atoms with Gasteiger partial charge in [0.25, 0.3) is 0 Å². The molecule has 8 nitrogen and oxygen atoms in total. The first kappa shape index (κ1) is 39.9. The number of carboxylic acid groups (broad SMARTS) is 1. The quantitative estimate of drug-likeness (QED) is 0.141. The fourth-order valence-electron chi connectivity index (χ4n) is 10.0. The lowest BCUT2D eigenvalue weighted by Crippen LogP contribution is -2.44. The standard InChI is InChI=1S/C51H52N2O6S2/c1-47(2,3)27-20-31-37-33(22-27)51(11,12)34-23-28(48(4,5)6)21-32-38(34)53(37)36-29(49(31,7)8)17-25(18-30(36)50(32,9)10)43-41-42(59-16-15-58-41)45(61-43)44-40-39(56-13-14-57-40)35(60-44)19-26(24-52)46(54)55/h17-23H,13-16H2,1-12H3,(H,54,55)/b26-19+. The largest absolute Gasteiger partial charge is 0.485 e. The Morgan fingerprint density at radius 2 is 0.984 bits per heavy atom. The van der Waals surface area contributed by atoms with Crippen molar-refractivity contribution < 1.29 is 28.8 Å². The molecule has 0 radical (unpaired) electrons. The van der Waals surface area contributed by atoms with Crippen molar-refractivity contribution in [2.75, 3.05) is 31.3 Å². The van der Waals surface area contributed by atoms with Crippen LogP contribution < -0.4 is 23.8 Å². The van der Waals surface area contributed by atoms with Crippen molar-refractivity contribution in [3.63, 3.8) is 0 Å². The zero-order valence-corrected chi connectivity index (χ0v) is 38.7. The van der Waals surface area contributed by atoms with E-state index in [1.807, 2.05) is 6.07 Å². The van der Waals surface area contributed by atoms with Crippen LogP contribution in [-0.2, 0) is 31.9 Å². The molecule has 61 heavy (non-hydrogen) atoms. The van der Waals surface area contributed by atoms with E-state index < -0.39 is 5.97 Å². The van der Waals surface area contributed by atoms with E-state index in [0.717, 1.165) is 20.2 Å². The molecule has 10 rings (SSSR count). The van der Waals surface area contributed by atoms with Gasteiger partial charge in [-0.1, -0.05) is 107 Å². The van der Waals surface area contributed by atoms with Crippen LogP contribution in [0.1, 0.15) is 132 Å². The van der Waals surface area contributed by atoms with Crippen LogP contribution >= 0.6 is 22.7 Å². The first-order valence-electron chi connectivity index (χ1n) is 21.2. The van der Waals surface area contributed by atoms with E-state index in [0.29, 0.717) is 54.3 Å². The van der Waals surface area contributed by atoms with Gasteiger partial charge < -0.3 is 29.0 Å². The van der Waals surface area contributed by atoms with Crippen LogP contribution in [0, 0.1) is 11.3 Å². The Morgan fingerprint density at radius 3 is 1.38 bits per heavy atom. The summed E-state index contributed by atoms with van der Waals surface area (Å²) in [6, 6.07) is 16.6. The van der Waals surface area contributed by atoms with Crippen LogP contribution in [0.4, 0.5) is 17.1 Å². The van der Waals surface area contributed by atoms with Crippen molar-refractivity contribution in [1.82, 2.24) is 0 Å². The second-order valence-electron chi connectivity index (χ2n) is 20.7. The molecule has 5 aliphatic heterocycles. The molecule has 0 amide bonds. The maximum Gasteiger partial charge on any atom is 0.346 e. The molecule has 10 heteroatoms. The molecule has 0 bridgehead atoms. The molecule has 0 saturated carbocycles. The lowest BCUT2D eigenvalue weighted by molar-refractivity contribution is -0.132. The van der Waals surface area contributed by atoms with E-state index in [2.05, 4.69) is 124 Å². The van der Waals surface area contributed by atoms with E-state index in [-0.39, 0.29) is 32.6 Å². The summed E-state index contributed by atoms with van der Waals surface area (Å²) in [6.07, 6.45) is 1.37. The van der Waals surface area contributed by atoms with Gasteiger partial charge in [-0.25, -0.2) is 4.79 Å². The molecule has 3 aromatic carbocycles. The van der Waals surface area contributed by atoms with E-state index in [1.54, 1.807) is 11.3 Å². The third-order valence-corrected chi connectivity index (χ3v) is 16.2. The fraction of sp³-hybridized carbons (Fsp3) is 0.412. The summed E-state index contributed by atoms with van der Waals surface area (Å²) in [5, 5.41) is 19.4. The highest BCUT2D eigenvalue weighted by molar-refractivity contribution is 7.25. The SMILES string of the molecule is CC(C)(C)c1cc2c3c(c1)C(C)(C)c1cc(C(C)(C)C)cc4c1N3c1c(cc(-c3sc(-c5sc(/C=C(\C#N)C(=O)O)c6c5OCCO6)c5c3OCCO5)cc1C4(C)C)C2(C)C. The number of hydrogen-bond donors (Lipinski definition) is 1. The first-order chi connectivity index (χ1) is 28.6. The van der Waals surface area contributed by atoms with Gasteiger partial charge in [-0.3, -0.25) is 0 Å². The minimum absolute atomic E-state index is 0.0630. The van der Waals surface area contributed by atoms with Gasteiger partial charge in [0.2, 0.25) is 0 Å². The predicted octanol–water partition coefficient (Wildman–Crippen LogP) is 12.7. The van der Waals surface area contributed by atoms with Crippen LogP contribution in [0.15, 0.2) is 42.0 Å². The number of benzene rings is 3. The summed E-state index contributed by atoms with van der Waals surface area (Å²) in [5.41, 5.74) is 14.1. The number of ether oxygens (including phenoxy) is 4. The molecule has 0 spiro atoms. The van der Waals surface area contributed by atoms with Gasteiger partial charge in [0, 0.05) is 16.2 Å². The Balaban J connectivity index is 1.26. The molecule has 5 aromatic rings. The highest BCUT2D eigenvalue weighted by Gasteiger charge is 2.53. The summed E-state index contributed by atoms with van der Waals surface area (Å²) in [6.45, 7) is 29.8. The number of anilines is 3. The number of carbonyl (C=O) groups is 1. The van der Waals surface area contributed by atoms with Crippen LogP contribution in [0.25, 0.3) is 26.3 Å². The number of aliphatic carboxylic acids is 1. The second-order valence-corrected chi connectivity index (χ2v) is 22.8.